The fourth-order valence-electron chi connectivity index (χ4n) is 10.5. The number of hydrogen-bond acceptors (Lipinski definition) is 4. The average molecular weight is 857 g/mol. The van der Waals surface area contributed by atoms with Crippen LogP contribution in [0.5, 0.6) is 0 Å². The number of hydrogen-bond donors (Lipinski definition) is 0. The first-order valence-electron chi connectivity index (χ1n) is 22.3. The van der Waals surface area contributed by atoms with Crippen LogP contribution in [0, 0.1) is 0 Å². The highest BCUT2D eigenvalue weighted by molar-refractivity contribution is 7.25. The molecule has 0 unspecified atom stereocenters. The van der Waals surface area contributed by atoms with E-state index in [1.54, 1.807) is 0 Å². The molecule has 0 saturated carbocycles. The lowest BCUT2D eigenvalue weighted by Crippen LogP contribution is -2.03. The van der Waals surface area contributed by atoms with Crippen molar-refractivity contribution in [2.45, 2.75) is 0 Å². The zero-order valence-electron chi connectivity index (χ0n) is 35.5. The van der Waals surface area contributed by atoms with Crippen LogP contribution in [0.3, 0.4) is 0 Å². The van der Waals surface area contributed by atoms with E-state index in [9.17, 15) is 0 Å². The van der Waals surface area contributed by atoms with Crippen molar-refractivity contribution in [3.05, 3.63) is 218 Å². The smallest absolute Gasteiger partial charge is 0.164 e. The fraction of sp³-hybridized carbons (Fsp3) is 0. The Hall–Kier alpha value is -8.51. The molecule has 11 aromatic carbocycles. The molecule has 14 aromatic rings. The molecule has 14 rings (SSSR count). The normalized spacial score (nSPS) is 11.9. The molecule has 0 atom stereocenters. The molecule has 0 aliphatic rings. The van der Waals surface area contributed by atoms with E-state index >= 15 is 0 Å². The van der Waals surface area contributed by atoms with Gasteiger partial charge < -0.3 is 4.57 Å². The van der Waals surface area contributed by atoms with Gasteiger partial charge in [-0.2, -0.15) is 0 Å². The van der Waals surface area contributed by atoms with Gasteiger partial charge in [0.1, 0.15) is 0 Å². The monoisotopic (exact) mass is 856 g/mol. The molecule has 66 heavy (non-hydrogen) atoms. The summed E-state index contributed by atoms with van der Waals surface area (Å²) in [7, 11) is 0. The summed E-state index contributed by atoms with van der Waals surface area (Å²) in [5.41, 5.74) is 8.41. The van der Waals surface area contributed by atoms with Crippen LogP contribution < -0.4 is 0 Å². The van der Waals surface area contributed by atoms with E-state index in [1.807, 2.05) is 29.5 Å². The lowest BCUT2D eigenvalue weighted by atomic mass is 9.91. The predicted molar refractivity (Wildman–Crippen MR) is 279 cm³/mol. The van der Waals surface area contributed by atoms with E-state index in [2.05, 4.69) is 205 Å². The molecule has 0 fully saturated rings. The van der Waals surface area contributed by atoms with Crippen LogP contribution in [0.1, 0.15) is 0 Å². The Bertz CT molecular complexity index is 4250. The second-order valence-electron chi connectivity index (χ2n) is 17.1. The maximum Gasteiger partial charge on any atom is 0.164 e. The standard InChI is InChI=1S/C61H36N4S/c1-2-16-37(17-3-1)59-62-60(64-61(63-59)50-28-14-26-46-43-21-7-6-20-41(43)42-22-8-9-24-45(42)57(46)50)48-33-32-40(36-51(48)47-27-15-31-56-58(47)49-25-11-13-30-55(49)66-56)65-53-29-12-10-23-44(53)52-34-38-18-4-5-19-39(38)35-54(52)65/h1-36H. The lowest BCUT2D eigenvalue weighted by Gasteiger charge is -2.17. The molecular weight excluding hydrogens is 821 g/mol. The largest absolute Gasteiger partial charge is 0.309 e. The van der Waals surface area contributed by atoms with Gasteiger partial charge in [0.15, 0.2) is 17.5 Å². The van der Waals surface area contributed by atoms with Crippen molar-refractivity contribution in [3.8, 4) is 51.0 Å². The zero-order valence-corrected chi connectivity index (χ0v) is 36.3. The van der Waals surface area contributed by atoms with Gasteiger partial charge >= 0.3 is 0 Å². The SMILES string of the molecule is c1ccc(-c2nc(-c3ccc(-n4c5ccccc5c5cc6ccccc6cc54)cc3-c3cccc4sc5ccccc5c34)nc(-c3cccc4c5ccccc5c5ccccc5c34)n2)cc1. The second kappa shape index (κ2) is 14.5. The average Bonchev–Trinajstić information content (AvgIpc) is 3.93. The highest BCUT2D eigenvalue weighted by Crippen LogP contribution is 2.45. The van der Waals surface area contributed by atoms with Gasteiger partial charge in [0.05, 0.1) is 11.0 Å². The first-order chi connectivity index (χ1) is 32.7. The summed E-state index contributed by atoms with van der Waals surface area (Å²) in [6.45, 7) is 0. The van der Waals surface area contributed by atoms with Crippen LogP contribution in [0.2, 0.25) is 0 Å². The minimum absolute atomic E-state index is 0.618. The number of rotatable bonds is 5. The Morgan fingerprint density at radius 2 is 0.864 bits per heavy atom. The molecule has 0 aliphatic heterocycles. The molecule has 0 radical (unpaired) electrons. The maximum absolute atomic E-state index is 5.55. The van der Waals surface area contributed by atoms with Crippen molar-refractivity contribution in [2.24, 2.45) is 0 Å². The summed E-state index contributed by atoms with van der Waals surface area (Å²) in [6, 6.07) is 78.7. The van der Waals surface area contributed by atoms with Gasteiger partial charge in [-0.05, 0) is 97.4 Å². The van der Waals surface area contributed by atoms with Crippen molar-refractivity contribution in [1.82, 2.24) is 19.5 Å². The van der Waals surface area contributed by atoms with Crippen molar-refractivity contribution in [1.29, 1.82) is 0 Å². The van der Waals surface area contributed by atoms with Gasteiger partial charge in [-0.1, -0.05) is 170 Å². The number of fused-ring (bicyclic) bond motifs is 13. The molecule has 0 amide bonds. The first kappa shape index (κ1) is 36.9. The number of nitrogens with zero attached hydrogens (tertiary/aromatic N) is 4. The summed E-state index contributed by atoms with van der Waals surface area (Å²) in [4.78, 5) is 16.3. The number of thiophene rings is 1. The molecule has 4 nitrogen and oxygen atoms in total. The summed E-state index contributed by atoms with van der Waals surface area (Å²) >= 11 is 1.83. The summed E-state index contributed by atoms with van der Waals surface area (Å²) in [6.07, 6.45) is 0. The van der Waals surface area contributed by atoms with E-state index < -0.39 is 0 Å². The molecule has 0 saturated heterocycles. The van der Waals surface area contributed by atoms with Crippen molar-refractivity contribution in [3.63, 3.8) is 0 Å². The van der Waals surface area contributed by atoms with Gasteiger partial charge in [-0.3, -0.25) is 0 Å². The van der Waals surface area contributed by atoms with Crippen molar-refractivity contribution >= 4 is 96.4 Å². The van der Waals surface area contributed by atoms with Gasteiger partial charge in [-0.25, -0.2) is 15.0 Å². The molecule has 306 valence electrons. The Morgan fingerprint density at radius 3 is 1.65 bits per heavy atom. The van der Waals surface area contributed by atoms with E-state index in [0.29, 0.717) is 17.5 Å². The van der Waals surface area contributed by atoms with Gasteiger partial charge in [0.2, 0.25) is 0 Å². The highest BCUT2D eigenvalue weighted by Gasteiger charge is 2.23. The van der Waals surface area contributed by atoms with Crippen LogP contribution in [-0.2, 0) is 0 Å². The van der Waals surface area contributed by atoms with Crippen molar-refractivity contribution < 1.29 is 0 Å². The van der Waals surface area contributed by atoms with E-state index in [0.717, 1.165) is 49.9 Å². The lowest BCUT2D eigenvalue weighted by molar-refractivity contribution is 1.08. The topological polar surface area (TPSA) is 43.6 Å². The minimum Gasteiger partial charge on any atom is -0.309 e. The summed E-state index contributed by atoms with van der Waals surface area (Å²) in [5, 5.41) is 14.5. The highest BCUT2D eigenvalue weighted by atomic mass is 32.1. The minimum atomic E-state index is 0.618. The molecule has 0 spiro atoms. The molecule has 0 bridgehead atoms. The van der Waals surface area contributed by atoms with E-state index in [4.69, 9.17) is 15.0 Å². The number of para-hydroxylation sites is 1. The van der Waals surface area contributed by atoms with Crippen LogP contribution in [-0.4, -0.2) is 19.5 Å². The van der Waals surface area contributed by atoms with Crippen LogP contribution in [0.25, 0.3) is 136 Å². The zero-order chi connectivity index (χ0) is 43.3. The third kappa shape index (κ3) is 5.60. The summed E-state index contributed by atoms with van der Waals surface area (Å²) < 4.78 is 4.93. The molecule has 0 aliphatic carbocycles. The third-order valence-electron chi connectivity index (χ3n) is 13.4. The molecule has 3 heterocycles. The predicted octanol–water partition coefficient (Wildman–Crippen LogP) is 16.6. The molecule has 3 aromatic heterocycles. The fourth-order valence-corrected chi connectivity index (χ4v) is 11.6. The Balaban J connectivity index is 1.09. The van der Waals surface area contributed by atoms with Gasteiger partial charge in [0.25, 0.3) is 0 Å². The number of benzene rings is 11. The van der Waals surface area contributed by atoms with Crippen LogP contribution >= 0.6 is 11.3 Å². The second-order valence-corrected chi connectivity index (χ2v) is 18.2. The molecular formula is C61H36N4S. The van der Waals surface area contributed by atoms with Crippen molar-refractivity contribution in [2.75, 3.05) is 0 Å². The van der Waals surface area contributed by atoms with Crippen LogP contribution in [0.15, 0.2) is 218 Å². The Morgan fingerprint density at radius 1 is 0.303 bits per heavy atom. The third-order valence-corrected chi connectivity index (χ3v) is 14.5. The first-order valence-corrected chi connectivity index (χ1v) is 23.2. The van der Waals surface area contributed by atoms with Crippen LogP contribution in [0.4, 0.5) is 0 Å². The maximum atomic E-state index is 5.55. The van der Waals surface area contributed by atoms with Gasteiger partial charge in [0, 0.05) is 58.7 Å². The quantitative estimate of drug-likeness (QED) is 0.162. The van der Waals surface area contributed by atoms with Gasteiger partial charge in [-0.15, -0.1) is 11.3 Å². The van der Waals surface area contributed by atoms with E-state index in [1.165, 1.54) is 68.6 Å². The molecule has 0 N–H and O–H groups in total. The summed E-state index contributed by atoms with van der Waals surface area (Å²) in [5.74, 6) is 1.88. The molecule has 5 heteroatoms. The Kier molecular flexibility index (Phi) is 8.12. The van der Waals surface area contributed by atoms with E-state index in [-0.39, 0.29) is 0 Å². The Labute approximate surface area is 383 Å². The number of aromatic nitrogens is 4.